The van der Waals surface area contributed by atoms with Crippen molar-refractivity contribution in [1.82, 2.24) is 0 Å². The molecule has 1 heterocycles. The van der Waals surface area contributed by atoms with E-state index in [1.54, 1.807) is 0 Å². The van der Waals surface area contributed by atoms with Gasteiger partial charge < -0.3 is 4.74 Å². The van der Waals surface area contributed by atoms with Crippen molar-refractivity contribution in [2.75, 3.05) is 0 Å². The molecular weight excluding hydrogens is 174 g/mol. The van der Waals surface area contributed by atoms with E-state index in [2.05, 4.69) is 13.0 Å². The van der Waals surface area contributed by atoms with Crippen LogP contribution in [0.25, 0.3) is 0 Å². The standard InChI is InChI=1S/C12H19NO/c1-2-10-4-3-7-12(10)8-5-11(14-12)6-9-13/h10-11H,2-8H2,1H3. The zero-order valence-corrected chi connectivity index (χ0v) is 8.96. The maximum absolute atomic E-state index is 8.65. The average Bonchev–Trinajstić information content (AvgIpc) is 2.76. The summed E-state index contributed by atoms with van der Waals surface area (Å²) in [5.74, 6) is 0.756. The first-order valence-electron chi connectivity index (χ1n) is 5.85. The predicted molar refractivity (Wildman–Crippen MR) is 54.7 cm³/mol. The summed E-state index contributed by atoms with van der Waals surface area (Å²) in [6.45, 7) is 2.26. The molecule has 3 atom stereocenters. The van der Waals surface area contributed by atoms with Crippen molar-refractivity contribution in [3.05, 3.63) is 0 Å². The summed E-state index contributed by atoms with van der Waals surface area (Å²) >= 11 is 0. The van der Waals surface area contributed by atoms with Gasteiger partial charge in [0.1, 0.15) is 0 Å². The van der Waals surface area contributed by atoms with Gasteiger partial charge in [-0.15, -0.1) is 0 Å². The molecule has 2 aliphatic rings. The lowest BCUT2D eigenvalue weighted by Gasteiger charge is -2.30. The number of hydrogen-bond acceptors (Lipinski definition) is 2. The minimum atomic E-state index is 0.177. The molecule has 1 spiro atoms. The molecule has 1 aliphatic carbocycles. The quantitative estimate of drug-likeness (QED) is 0.675. The molecular formula is C12H19NO. The van der Waals surface area contributed by atoms with Gasteiger partial charge in [0, 0.05) is 0 Å². The van der Waals surface area contributed by atoms with Crippen molar-refractivity contribution in [3.63, 3.8) is 0 Å². The topological polar surface area (TPSA) is 33.0 Å². The Morgan fingerprint density at radius 3 is 3.00 bits per heavy atom. The zero-order chi connectivity index (χ0) is 10.0. The smallest absolute Gasteiger partial charge is 0.0715 e. The van der Waals surface area contributed by atoms with Crippen molar-refractivity contribution in [3.8, 4) is 6.07 Å². The molecule has 2 fully saturated rings. The Morgan fingerprint density at radius 1 is 1.43 bits per heavy atom. The summed E-state index contributed by atoms with van der Waals surface area (Å²) in [7, 11) is 0. The highest BCUT2D eigenvalue weighted by atomic mass is 16.5. The van der Waals surface area contributed by atoms with E-state index >= 15 is 0 Å². The molecule has 1 aliphatic heterocycles. The van der Waals surface area contributed by atoms with E-state index in [1.807, 2.05) is 0 Å². The van der Waals surface area contributed by atoms with Crippen molar-refractivity contribution in [1.29, 1.82) is 5.26 Å². The number of hydrogen-bond donors (Lipinski definition) is 0. The summed E-state index contributed by atoms with van der Waals surface area (Å²) in [4.78, 5) is 0. The van der Waals surface area contributed by atoms with Crippen LogP contribution in [0.5, 0.6) is 0 Å². The van der Waals surface area contributed by atoms with Crippen molar-refractivity contribution in [2.45, 2.75) is 63.6 Å². The molecule has 2 nitrogen and oxygen atoms in total. The third-order valence-electron chi connectivity index (χ3n) is 4.00. The number of nitriles is 1. The highest BCUT2D eigenvalue weighted by molar-refractivity contribution is 4.99. The number of rotatable bonds is 2. The molecule has 2 rings (SSSR count). The molecule has 78 valence electrons. The van der Waals surface area contributed by atoms with E-state index in [4.69, 9.17) is 10.00 Å². The van der Waals surface area contributed by atoms with E-state index in [0.717, 1.165) is 12.3 Å². The highest BCUT2D eigenvalue weighted by Crippen LogP contribution is 2.48. The summed E-state index contributed by atoms with van der Waals surface area (Å²) < 4.78 is 6.13. The van der Waals surface area contributed by atoms with E-state index < -0.39 is 0 Å². The van der Waals surface area contributed by atoms with Gasteiger partial charge in [0.15, 0.2) is 0 Å². The van der Waals surface area contributed by atoms with Crippen molar-refractivity contribution >= 4 is 0 Å². The molecule has 0 amide bonds. The Kier molecular flexibility index (Phi) is 2.78. The molecule has 3 unspecified atom stereocenters. The normalized spacial score (nSPS) is 41.7. The van der Waals surface area contributed by atoms with E-state index in [-0.39, 0.29) is 11.7 Å². The largest absolute Gasteiger partial charge is 0.370 e. The molecule has 2 heteroatoms. The van der Waals surface area contributed by atoms with Crippen LogP contribution < -0.4 is 0 Å². The SMILES string of the molecule is CCC1CCCC12CCC(CC#N)O2. The van der Waals surface area contributed by atoms with Gasteiger partial charge in [-0.05, 0) is 31.6 Å². The first kappa shape index (κ1) is 9.98. The summed E-state index contributed by atoms with van der Waals surface area (Å²) in [6.07, 6.45) is 8.22. The van der Waals surface area contributed by atoms with Crippen LogP contribution in [0.2, 0.25) is 0 Å². The Hall–Kier alpha value is -0.550. The Morgan fingerprint density at radius 2 is 2.29 bits per heavy atom. The van der Waals surface area contributed by atoms with E-state index in [0.29, 0.717) is 6.42 Å². The maximum Gasteiger partial charge on any atom is 0.0715 e. The zero-order valence-electron chi connectivity index (χ0n) is 8.96. The lowest BCUT2D eigenvalue weighted by molar-refractivity contribution is -0.0647. The van der Waals surface area contributed by atoms with Gasteiger partial charge in [0.25, 0.3) is 0 Å². The van der Waals surface area contributed by atoms with Gasteiger partial charge in [-0.2, -0.15) is 5.26 Å². The van der Waals surface area contributed by atoms with Gasteiger partial charge in [0.2, 0.25) is 0 Å². The Labute approximate surface area is 86.2 Å². The second-order valence-electron chi connectivity index (χ2n) is 4.70. The van der Waals surface area contributed by atoms with Crippen LogP contribution in [-0.4, -0.2) is 11.7 Å². The third kappa shape index (κ3) is 1.54. The first-order valence-corrected chi connectivity index (χ1v) is 5.85. The van der Waals surface area contributed by atoms with E-state index in [9.17, 15) is 0 Å². The molecule has 14 heavy (non-hydrogen) atoms. The second kappa shape index (κ2) is 3.90. The molecule has 0 aromatic carbocycles. The molecule has 0 N–H and O–H groups in total. The summed E-state index contributed by atoms with van der Waals surface area (Å²) in [6, 6.07) is 2.22. The van der Waals surface area contributed by atoms with Gasteiger partial charge in [-0.3, -0.25) is 0 Å². The molecule has 1 saturated heterocycles. The van der Waals surface area contributed by atoms with Gasteiger partial charge in [-0.1, -0.05) is 19.8 Å². The van der Waals surface area contributed by atoms with Gasteiger partial charge in [0.05, 0.1) is 24.2 Å². The van der Waals surface area contributed by atoms with E-state index in [1.165, 1.54) is 32.1 Å². The number of nitrogens with zero attached hydrogens (tertiary/aromatic N) is 1. The van der Waals surface area contributed by atoms with Crippen LogP contribution >= 0.6 is 0 Å². The van der Waals surface area contributed by atoms with Gasteiger partial charge >= 0.3 is 0 Å². The van der Waals surface area contributed by atoms with Crippen LogP contribution in [-0.2, 0) is 4.74 Å². The monoisotopic (exact) mass is 193 g/mol. The summed E-state index contributed by atoms with van der Waals surface area (Å²) in [5.41, 5.74) is 0.177. The lowest BCUT2D eigenvalue weighted by Crippen LogP contribution is -2.33. The second-order valence-corrected chi connectivity index (χ2v) is 4.70. The molecule has 0 radical (unpaired) electrons. The minimum absolute atomic E-state index is 0.177. The minimum Gasteiger partial charge on any atom is -0.370 e. The fourth-order valence-electron chi connectivity index (χ4n) is 3.28. The summed E-state index contributed by atoms with van der Waals surface area (Å²) in [5, 5.41) is 8.65. The fourth-order valence-corrected chi connectivity index (χ4v) is 3.28. The molecule has 0 aromatic rings. The lowest BCUT2D eigenvalue weighted by atomic mass is 9.86. The average molecular weight is 193 g/mol. The van der Waals surface area contributed by atoms with Crippen molar-refractivity contribution in [2.24, 2.45) is 5.92 Å². The van der Waals surface area contributed by atoms with Gasteiger partial charge in [-0.25, -0.2) is 0 Å². The molecule has 0 aromatic heterocycles. The third-order valence-corrected chi connectivity index (χ3v) is 4.00. The highest BCUT2D eigenvalue weighted by Gasteiger charge is 2.47. The Balaban J connectivity index is 2.01. The fraction of sp³-hybridized carbons (Fsp3) is 0.917. The van der Waals surface area contributed by atoms with Crippen LogP contribution in [0.15, 0.2) is 0 Å². The predicted octanol–water partition coefficient (Wildman–Crippen LogP) is 3.03. The number of ether oxygens (including phenoxy) is 1. The maximum atomic E-state index is 8.65. The Bertz CT molecular complexity index is 245. The van der Waals surface area contributed by atoms with Crippen LogP contribution in [0.3, 0.4) is 0 Å². The van der Waals surface area contributed by atoms with Crippen LogP contribution in [0, 0.1) is 17.2 Å². The molecule has 1 saturated carbocycles. The van der Waals surface area contributed by atoms with Crippen LogP contribution in [0.1, 0.15) is 51.9 Å². The molecule has 0 bridgehead atoms. The van der Waals surface area contributed by atoms with Crippen molar-refractivity contribution < 1.29 is 4.74 Å². The van der Waals surface area contributed by atoms with Crippen LogP contribution in [0.4, 0.5) is 0 Å². The first-order chi connectivity index (χ1) is 6.80.